The summed E-state index contributed by atoms with van der Waals surface area (Å²) in [6.07, 6.45) is 2.11. The van der Waals surface area contributed by atoms with Gasteiger partial charge in [0.2, 0.25) is 0 Å². The van der Waals surface area contributed by atoms with Crippen molar-refractivity contribution in [2.45, 2.75) is 19.8 Å². The summed E-state index contributed by atoms with van der Waals surface area (Å²) in [5, 5.41) is 0. The molecule has 1 aromatic heterocycles. The van der Waals surface area contributed by atoms with E-state index < -0.39 is 0 Å². The van der Waals surface area contributed by atoms with Gasteiger partial charge >= 0.3 is 0 Å². The number of likely N-dealkylation sites (tertiary alicyclic amines) is 1. The Morgan fingerprint density at radius 1 is 1.08 bits per heavy atom. The first-order chi connectivity index (χ1) is 12.1. The number of hydrogen-bond donors (Lipinski definition) is 0. The Bertz CT molecular complexity index is 752. The average molecular weight is 340 g/mol. The van der Waals surface area contributed by atoms with Gasteiger partial charge in [-0.15, -0.1) is 0 Å². The van der Waals surface area contributed by atoms with Crippen LogP contribution >= 0.6 is 0 Å². The van der Waals surface area contributed by atoms with E-state index in [0.29, 0.717) is 23.1 Å². The zero-order valence-corrected chi connectivity index (χ0v) is 15.0. The molecule has 3 rings (SSSR count). The molecule has 1 aromatic carbocycles. The van der Waals surface area contributed by atoms with Crippen LogP contribution < -0.4 is 9.47 Å². The number of ether oxygens (including phenoxy) is 2. The number of carbonyl (C=O) groups is 1. The summed E-state index contributed by atoms with van der Waals surface area (Å²) in [6, 6.07) is 11.2. The molecule has 0 bridgehead atoms. The Hall–Kier alpha value is -2.56. The highest BCUT2D eigenvalue weighted by Crippen LogP contribution is 2.31. The molecule has 0 N–H and O–H groups in total. The third-order valence-corrected chi connectivity index (χ3v) is 4.72. The number of carbonyl (C=O) groups excluding carboxylic acids is 1. The van der Waals surface area contributed by atoms with Gasteiger partial charge in [-0.2, -0.15) is 0 Å². The monoisotopic (exact) mass is 340 g/mol. The van der Waals surface area contributed by atoms with Crippen LogP contribution in [0.25, 0.3) is 11.3 Å². The van der Waals surface area contributed by atoms with E-state index in [-0.39, 0.29) is 5.91 Å². The number of hydrogen-bond acceptors (Lipinski definition) is 4. The third-order valence-electron chi connectivity index (χ3n) is 4.72. The lowest BCUT2D eigenvalue weighted by molar-refractivity contribution is 0.0691. The maximum atomic E-state index is 12.7. The highest BCUT2D eigenvalue weighted by molar-refractivity contribution is 5.93. The smallest absolute Gasteiger partial charge is 0.272 e. The highest BCUT2D eigenvalue weighted by Gasteiger charge is 2.22. The minimum Gasteiger partial charge on any atom is -0.493 e. The van der Waals surface area contributed by atoms with Gasteiger partial charge in [0, 0.05) is 18.7 Å². The number of pyridine rings is 1. The molecule has 1 aliphatic rings. The SMILES string of the molecule is COc1ccc(-c2cccc(C(=O)N3CCC(C)CC3)n2)cc1OC. The van der Waals surface area contributed by atoms with Gasteiger partial charge < -0.3 is 14.4 Å². The molecule has 2 aromatic rings. The first kappa shape index (κ1) is 17.3. The molecule has 0 atom stereocenters. The molecule has 0 aliphatic carbocycles. The quantitative estimate of drug-likeness (QED) is 0.853. The summed E-state index contributed by atoms with van der Waals surface area (Å²) < 4.78 is 10.6. The van der Waals surface area contributed by atoms with Crippen molar-refractivity contribution in [3.63, 3.8) is 0 Å². The van der Waals surface area contributed by atoms with Crippen LogP contribution in [0.15, 0.2) is 36.4 Å². The first-order valence-corrected chi connectivity index (χ1v) is 8.61. The molecular formula is C20H24N2O3. The number of benzene rings is 1. The molecule has 5 nitrogen and oxygen atoms in total. The van der Waals surface area contributed by atoms with Crippen molar-refractivity contribution < 1.29 is 14.3 Å². The largest absolute Gasteiger partial charge is 0.493 e. The van der Waals surface area contributed by atoms with Crippen LogP contribution in [0.2, 0.25) is 0 Å². The normalized spacial score (nSPS) is 15.1. The average Bonchev–Trinajstić information content (AvgIpc) is 2.67. The second-order valence-electron chi connectivity index (χ2n) is 6.45. The van der Waals surface area contributed by atoms with Gasteiger partial charge in [-0.3, -0.25) is 4.79 Å². The van der Waals surface area contributed by atoms with Gasteiger partial charge in [0.25, 0.3) is 5.91 Å². The first-order valence-electron chi connectivity index (χ1n) is 8.61. The molecular weight excluding hydrogens is 316 g/mol. The van der Waals surface area contributed by atoms with E-state index >= 15 is 0 Å². The maximum absolute atomic E-state index is 12.7. The van der Waals surface area contributed by atoms with Gasteiger partial charge in [0.15, 0.2) is 11.5 Å². The van der Waals surface area contributed by atoms with Gasteiger partial charge in [0.1, 0.15) is 5.69 Å². The fourth-order valence-electron chi connectivity index (χ4n) is 3.08. The number of aromatic nitrogens is 1. The number of methoxy groups -OCH3 is 2. The summed E-state index contributed by atoms with van der Waals surface area (Å²) in [7, 11) is 3.21. The summed E-state index contributed by atoms with van der Waals surface area (Å²) in [6.45, 7) is 3.85. The van der Waals surface area contributed by atoms with Crippen LogP contribution in [0.3, 0.4) is 0 Å². The van der Waals surface area contributed by atoms with Crippen molar-refractivity contribution in [2.24, 2.45) is 5.92 Å². The van der Waals surface area contributed by atoms with E-state index in [1.165, 1.54) is 0 Å². The minimum atomic E-state index is 0.00854. The highest BCUT2D eigenvalue weighted by atomic mass is 16.5. The van der Waals surface area contributed by atoms with Crippen molar-refractivity contribution >= 4 is 5.91 Å². The lowest BCUT2D eigenvalue weighted by Gasteiger charge is -2.30. The minimum absolute atomic E-state index is 0.00854. The molecule has 0 spiro atoms. The molecule has 1 saturated heterocycles. The molecule has 2 heterocycles. The van der Waals surface area contributed by atoms with Crippen LogP contribution in [0.4, 0.5) is 0 Å². The van der Waals surface area contributed by atoms with E-state index in [2.05, 4.69) is 11.9 Å². The number of piperidine rings is 1. The predicted octanol–water partition coefficient (Wildman–Crippen LogP) is 3.64. The lowest BCUT2D eigenvalue weighted by atomic mass is 9.99. The molecule has 0 saturated carbocycles. The molecule has 1 amide bonds. The van der Waals surface area contributed by atoms with Crippen molar-refractivity contribution in [1.29, 1.82) is 0 Å². The Labute approximate surface area is 148 Å². The Balaban J connectivity index is 1.85. The summed E-state index contributed by atoms with van der Waals surface area (Å²) >= 11 is 0. The summed E-state index contributed by atoms with van der Waals surface area (Å²) in [4.78, 5) is 19.2. The number of nitrogens with zero attached hydrogens (tertiary/aromatic N) is 2. The summed E-state index contributed by atoms with van der Waals surface area (Å²) in [5.41, 5.74) is 2.12. The number of amides is 1. The Kier molecular flexibility index (Phi) is 5.22. The molecule has 5 heteroatoms. The predicted molar refractivity (Wildman–Crippen MR) is 97.1 cm³/mol. The fourth-order valence-corrected chi connectivity index (χ4v) is 3.08. The number of rotatable bonds is 4. The lowest BCUT2D eigenvalue weighted by Crippen LogP contribution is -2.38. The fraction of sp³-hybridized carbons (Fsp3) is 0.400. The summed E-state index contributed by atoms with van der Waals surface area (Å²) in [5.74, 6) is 2.01. The van der Waals surface area contributed by atoms with Crippen molar-refractivity contribution in [1.82, 2.24) is 9.88 Å². The van der Waals surface area contributed by atoms with Crippen LogP contribution in [0, 0.1) is 5.92 Å². The molecule has 25 heavy (non-hydrogen) atoms. The van der Waals surface area contributed by atoms with Gasteiger partial charge in [-0.25, -0.2) is 4.98 Å². The molecule has 132 valence electrons. The second-order valence-corrected chi connectivity index (χ2v) is 6.45. The molecule has 1 fully saturated rings. The van der Waals surface area contributed by atoms with E-state index in [1.807, 2.05) is 35.2 Å². The van der Waals surface area contributed by atoms with Crippen molar-refractivity contribution in [3.8, 4) is 22.8 Å². The van der Waals surface area contributed by atoms with Crippen LogP contribution in [0.5, 0.6) is 11.5 Å². The van der Waals surface area contributed by atoms with E-state index in [4.69, 9.17) is 9.47 Å². The Morgan fingerprint density at radius 2 is 1.80 bits per heavy atom. The third kappa shape index (κ3) is 3.76. The van der Waals surface area contributed by atoms with E-state index in [0.717, 1.165) is 37.2 Å². The van der Waals surface area contributed by atoms with E-state index in [1.54, 1.807) is 20.3 Å². The van der Waals surface area contributed by atoms with Gasteiger partial charge in [-0.05, 0) is 49.1 Å². The second kappa shape index (κ2) is 7.55. The van der Waals surface area contributed by atoms with E-state index in [9.17, 15) is 4.79 Å². The standard InChI is InChI=1S/C20H24N2O3/c1-14-9-11-22(12-10-14)20(23)17-6-4-5-16(21-17)15-7-8-18(24-2)19(13-15)25-3/h4-8,13-14H,9-12H2,1-3H3. The maximum Gasteiger partial charge on any atom is 0.272 e. The van der Waals surface area contributed by atoms with Crippen molar-refractivity contribution in [2.75, 3.05) is 27.3 Å². The Morgan fingerprint density at radius 3 is 2.48 bits per heavy atom. The zero-order chi connectivity index (χ0) is 17.8. The topological polar surface area (TPSA) is 51.7 Å². The molecule has 1 aliphatic heterocycles. The van der Waals surface area contributed by atoms with Crippen molar-refractivity contribution in [3.05, 3.63) is 42.1 Å². The van der Waals surface area contributed by atoms with Crippen LogP contribution in [0.1, 0.15) is 30.3 Å². The van der Waals surface area contributed by atoms with Crippen LogP contribution in [-0.2, 0) is 0 Å². The molecule has 0 unspecified atom stereocenters. The van der Waals surface area contributed by atoms with Gasteiger partial charge in [0.05, 0.1) is 19.9 Å². The van der Waals surface area contributed by atoms with Gasteiger partial charge in [-0.1, -0.05) is 13.0 Å². The van der Waals surface area contributed by atoms with Crippen LogP contribution in [-0.4, -0.2) is 43.1 Å². The zero-order valence-electron chi connectivity index (χ0n) is 15.0. The molecule has 0 radical (unpaired) electrons.